The van der Waals surface area contributed by atoms with Crippen molar-refractivity contribution in [2.24, 2.45) is 5.92 Å². The number of likely N-dealkylation sites (tertiary alicyclic amines) is 1. The highest BCUT2D eigenvalue weighted by atomic mass is 28.4. The van der Waals surface area contributed by atoms with Gasteiger partial charge in [0, 0.05) is 20.3 Å². The van der Waals surface area contributed by atoms with Crippen molar-refractivity contribution in [2.75, 3.05) is 20.3 Å². The second-order valence-corrected chi connectivity index (χ2v) is 13.7. The first-order chi connectivity index (χ1) is 12.6. The summed E-state index contributed by atoms with van der Waals surface area (Å²) in [6.07, 6.45) is 1.25. The molecular weight excluding hydrogens is 358 g/mol. The van der Waals surface area contributed by atoms with Crippen molar-refractivity contribution < 1.29 is 18.7 Å². The Labute approximate surface area is 165 Å². The number of hydrogen-bond donors (Lipinski definition) is 0. The lowest BCUT2D eigenvalue weighted by atomic mass is 10.1. The molecule has 1 heterocycles. The monoisotopic (exact) mass is 393 g/mol. The van der Waals surface area contributed by atoms with Crippen LogP contribution in [0.5, 0.6) is 0 Å². The van der Waals surface area contributed by atoms with Crippen LogP contribution in [-0.4, -0.2) is 45.8 Å². The number of amides is 1. The minimum Gasteiger partial charge on any atom is -0.444 e. The third-order valence-corrected chi connectivity index (χ3v) is 10.4. The summed E-state index contributed by atoms with van der Waals surface area (Å²) in [5.74, 6) is 0.379. The number of hydrogen-bond acceptors (Lipinski definition) is 4. The molecule has 0 aliphatic carbocycles. The van der Waals surface area contributed by atoms with Crippen molar-refractivity contribution in [3.05, 3.63) is 35.9 Å². The maximum Gasteiger partial charge on any atom is 0.412 e. The van der Waals surface area contributed by atoms with Crippen molar-refractivity contribution in [1.29, 1.82) is 0 Å². The number of carbonyl (C=O) groups is 1. The number of methoxy groups -OCH3 is 1. The first-order valence-corrected chi connectivity index (χ1v) is 12.7. The topological polar surface area (TPSA) is 48.0 Å². The van der Waals surface area contributed by atoms with E-state index in [1.54, 1.807) is 12.0 Å². The molecular formula is C21H35NO4Si. The summed E-state index contributed by atoms with van der Waals surface area (Å²) >= 11 is 0. The van der Waals surface area contributed by atoms with Crippen molar-refractivity contribution >= 4 is 14.4 Å². The standard InChI is InChI=1S/C21H35NO4Si/c1-21(2,3)27(5,6)26-13-12-18-14-19(24-4)22(15-18)20(23)25-16-17-10-8-7-9-11-17/h7-11,18-19H,12-16H2,1-6H3. The van der Waals surface area contributed by atoms with Crippen LogP contribution in [0.25, 0.3) is 0 Å². The Balaban J connectivity index is 1.82. The van der Waals surface area contributed by atoms with Gasteiger partial charge in [-0.3, -0.25) is 4.90 Å². The molecule has 5 nitrogen and oxygen atoms in total. The number of nitrogens with zero attached hydrogens (tertiary/aromatic N) is 1. The van der Waals surface area contributed by atoms with Gasteiger partial charge in [-0.05, 0) is 42.5 Å². The van der Waals surface area contributed by atoms with E-state index in [2.05, 4.69) is 33.9 Å². The summed E-state index contributed by atoms with van der Waals surface area (Å²) < 4.78 is 17.3. The van der Waals surface area contributed by atoms with Crippen molar-refractivity contribution in [3.8, 4) is 0 Å². The van der Waals surface area contributed by atoms with Gasteiger partial charge < -0.3 is 13.9 Å². The average Bonchev–Trinajstić information content (AvgIpc) is 3.03. The number of benzene rings is 1. The molecule has 6 heteroatoms. The van der Waals surface area contributed by atoms with Gasteiger partial charge in [-0.2, -0.15) is 0 Å². The lowest BCUT2D eigenvalue weighted by molar-refractivity contribution is -0.00764. The smallest absolute Gasteiger partial charge is 0.412 e. The van der Waals surface area contributed by atoms with Gasteiger partial charge in [0.2, 0.25) is 0 Å². The summed E-state index contributed by atoms with van der Waals surface area (Å²) in [5, 5.41) is 0.213. The van der Waals surface area contributed by atoms with E-state index in [0.29, 0.717) is 12.5 Å². The zero-order valence-electron chi connectivity index (χ0n) is 17.7. The third kappa shape index (κ3) is 6.06. The van der Waals surface area contributed by atoms with Gasteiger partial charge in [-0.15, -0.1) is 0 Å². The van der Waals surface area contributed by atoms with E-state index in [9.17, 15) is 4.79 Å². The van der Waals surface area contributed by atoms with Gasteiger partial charge in [-0.25, -0.2) is 4.79 Å². The Hall–Kier alpha value is -1.37. The predicted molar refractivity (Wildman–Crippen MR) is 110 cm³/mol. The molecule has 2 atom stereocenters. The van der Waals surface area contributed by atoms with Crippen LogP contribution in [0, 0.1) is 5.92 Å². The Bertz CT molecular complexity index is 600. The highest BCUT2D eigenvalue weighted by Crippen LogP contribution is 2.37. The van der Waals surface area contributed by atoms with Crippen molar-refractivity contribution in [1.82, 2.24) is 4.90 Å². The largest absolute Gasteiger partial charge is 0.444 e. The molecule has 152 valence electrons. The zero-order valence-corrected chi connectivity index (χ0v) is 18.7. The Morgan fingerprint density at radius 2 is 1.89 bits per heavy atom. The normalized spacial score (nSPS) is 20.7. The molecule has 1 fully saturated rings. The molecule has 1 aliphatic rings. The molecule has 0 N–H and O–H groups in total. The molecule has 1 saturated heterocycles. The highest BCUT2D eigenvalue weighted by molar-refractivity contribution is 6.74. The molecule has 2 rings (SSSR count). The van der Waals surface area contributed by atoms with E-state index in [1.807, 2.05) is 30.3 Å². The quantitative estimate of drug-likeness (QED) is 0.610. The molecule has 0 saturated carbocycles. The maximum absolute atomic E-state index is 12.5. The first-order valence-electron chi connectivity index (χ1n) is 9.78. The lowest BCUT2D eigenvalue weighted by Crippen LogP contribution is -2.41. The van der Waals surface area contributed by atoms with E-state index in [-0.39, 0.29) is 24.0 Å². The second kappa shape index (κ2) is 9.21. The molecule has 1 amide bonds. The van der Waals surface area contributed by atoms with E-state index in [1.165, 1.54) is 0 Å². The third-order valence-electron chi connectivity index (χ3n) is 5.84. The Morgan fingerprint density at radius 1 is 1.22 bits per heavy atom. The number of carbonyl (C=O) groups excluding carboxylic acids is 1. The summed E-state index contributed by atoms with van der Waals surface area (Å²) in [4.78, 5) is 14.2. The summed E-state index contributed by atoms with van der Waals surface area (Å²) in [6, 6.07) is 9.73. The van der Waals surface area contributed by atoms with E-state index < -0.39 is 8.32 Å². The van der Waals surface area contributed by atoms with E-state index >= 15 is 0 Å². The fraction of sp³-hybridized carbons (Fsp3) is 0.667. The predicted octanol–water partition coefficient (Wildman–Crippen LogP) is 5.03. The van der Waals surface area contributed by atoms with Crippen molar-refractivity contribution in [3.63, 3.8) is 0 Å². The number of ether oxygens (including phenoxy) is 2. The highest BCUT2D eigenvalue weighted by Gasteiger charge is 2.39. The molecule has 0 aromatic heterocycles. The van der Waals surface area contributed by atoms with E-state index in [0.717, 1.165) is 25.0 Å². The molecule has 0 spiro atoms. The van der Waals surface area contributed by atoms with Crippen LogP contribution in [0.1, 0.15) is 39.2 Å². The molecule has 1 aliphatic heterocycles. The Kier molecular flexibility index (Phi) is 7.48. The van der Waals surface area contributed by atoms with Crippen LogP contribution in [0.15, 0.2) is 30.3 Å². The van der Waals surface area contributed by atoms with Gasteiger partial charge in [-0.1, -0.05) is 51.1 Å². The van der Waals surface area contributed by atoms with Gasteiger partial charge in [0.05, 0.1) is 0 Å². The molecule has 1 aromatic carbocycles. The summed E-state index contributed by atoms with van der Waals surface area (Å²) in [7, 11) is -0.0781. The summed E-state index contributed by atoms with van der Waals surface area (Å²) in [5.41, 5.74) is 0.985. The van der Waals surface area contributed by atoms with Gasteiger partial charge >= 0.3 is 6.09 Å². The first kappa shape index (κ1) is 21.9. The summed E-state index contributed by atoms with van der Waals surface area (Å²) in [6.45, 7) is 13.0. The van der Waals surface area contributed by atoms with Gasteiger partial charge in [0.15, 0.2) is 8.32 Å². The maximum atomic E-state index is 12.5. The zero-order chi connectivity index (χ0) is 20.1. The van der Waals surface area contributed by atoms with Crippen LogP contribution in [0.2, 0.25) is 18.1 Å². The Morgan fingerprint density at radius 3 is 2.48 bits per heavy atom. The van der Waals surface area contributed by atoms with Crippen LogP contribution in [0.4, 0.5) is 4.79 Å². The molecule has 0 bridgehead atoms. The fourth-order valence-electron chi connectivity index (χ4n) is 3.01. The SMILES string of the molecule is COC1CC(CCO[Si](C)(C)C(C)(C)C)CN1C(=O)OCc1ccccc1. The fourth-order valence-corrected chi connectivity index (χ4v) is 4.07. The minimum absolute atomic E-state index is 0.213. The lowest BCUT2D eigenvalue weighted by Gasteiger charge is -2.36. The van der Waals surface area contributed by atoms with Gasteiger partial charge in [0.1, 0.15) is 12.8 Å². The minimum atomic E-state index is -1.73. The molecule has 27 heavy (non-hydrogen) atoms. The van der Waals surface area contributed by atoms with Crippen LogP contribution in [0.3, 0.4) is 0 Å². The molecule has 2 unspecified atom stereocenters. The van der Waals surface area contributed by atoms with Gasteiger partial charge in [0.25, 0.3) is 0 Å². The molecule has 1 aromatic rings. The van der Waals surface area contributed by atoms with Crippen LogP contribution < -0.4 is 0 Å². The number of rotatable bonds is 7. The second-order valence-electron chi connectivity index (χ2n) is 8.88. The van der Waals surface area contributed by atoms with Crippen LogP contribution in [-0.2, 0) is 20.5 Å². The average molecular weight is 394 g/mol. The van der Waals surface area contributed by atoms with Crippen LogP contribution >= 0.6 is 0 Å². The van der Waals surface area contributed by atoms with E-state index in [4.69, 9.17) is 13.9 Å². The van der Waals surface area contributed by atoms with Crippen molar-refractivity contribution in [2.45, 2.75) is 64.6 Å². The molecule has 0 radical (unpaired) electrons.